The van der Waals surface area contributed by atoms with Crippen molar-refractivity contribution in [3.63, 3.8) is 0 Å². The average Bonchev–Trinajstić information content (AvgIpc) is 2.61. The maximum atomic E-state index is 13.1. The SMILES string of the molecule is Cc1ccc(S(=O)(=O)N(CC#Cc2ccccc2N)CC#C[Si](C)(C)C)cc1. The molecule has 0 fully saturated rings. The Hall–Kier alpha value is -2.51. The zero-order chi connectivity index (χ0) is 20.8. The molecular weight excluding hydrogens is 384 g/mol. The van der Waals surface area contributed by atoms with Crippen LogP contribution in [0.3, 0.4) is 0 Å². The summed E-state index contributed by atoms with van der Waals surface area (Å²) in [6.07, 6.45) is 0. The van der Waals surface area contributed by atoms with Crippen molar-refractivity contribution in [2.24, 2.45) is 0 Å². The highest BCUT2D eigenvalue weighted by atomic mass is 32.2. The van der Waals surface area contributed by atoms with Gasteiger partial charge in [0.25, 0.3) is 0 Å². The number of nitrogens with zero attached hydrogens (tertiary/aromatic N) is 1. The lowest BCUT2D eigenvalue weighted by atomic mass is 10.2. The van der Waals surface area contributed by atoms with Crippen LogP contribution in [0.15, 0.2) is 53.4 Å². The summed E-state index contributed by atoms with van der Waals surface area (Å²) in [6.45, 7) is 8.44. The Morgan fingerprint density at radius 1 is 0.964 bits per heavy atom. The normalized spacial score (nSPS) is 11.3. The van der Waals surface area contributed by atoms with Gasteiger partial charge in [0.2, 0.25) is 10.0 Å². The fourth-order valence-corrected chi connectivity index (χ4v) is 4.17. The first-order chi connectivity index (χ1) is 13.1. The van der Waals surface area contributed by atoms with E-state index >= 15 is 0 Å². The number of anilines is 1. The van der Waals surface area contributed by atoms with Gasteiger partial charge in [0.1, 0.15) is 8.07 Å². The zero-order valence-electron chi connectivity index (χ0n) is 16.8. The molecule has 0 radical (unpaired) electrons. The number of rotatable bonds is 4. The minimum atomic E-state index is -3.69. The highest BCUT2D eigenvalue weighted by molar-refractivity contribution is 7.89. The van der Waals surface area contributed by atoms with Gasteiger partial charge in [0.05, 0.1) is 18.0 Å². The molecule has 2 N–H and O–H groups in total. The predicted octanol–water partition coefficient (Wildman–Crippen LogP) is 3.50. The summed E-state index contributed by atoms with van der Waals surface area (Å²) in [5.74, 6) is 8.94. The number of hydrogen-bond acceptors (Lipinski definition) is 3. The summed E-state index contributed by atoms with van der Waals surface area (Å²) in [6, 6.07) is 14.1. The molecule has 0 bridgehead atoms. The Balaban J connectivity index is 2.32. The van der Waals surface area contributed by atoms with E-state index in [2.05, 4.69) is 42.9 Å². The second-order valence-electron chi connectivity index (χ2n) is 7.53. The Morgan fingerprint density at radius 2 is 1.57 bits per heavy atom. The van der Waals surface area contributed by atoms with Gasteiger partial charge < -0.3 is 5.73 Å². The first-order valence-electron chi connectivity index (χ1n) is 9.00. The second-order valence-corrected chi connectivity index (χ2v) is 14.2. The van der Waals surface area contributed by atoms with E-state index in [1.165, 1.54) is 4.31 Å². The van der Waals surface area contributed by atoms with Gasteiger partial charge in [0, 0.05) is 11.3 Å². The second kappa shape index (κ2) is 9.12. The van der Waals surface area contributed by atoms with E-state index in [-0.39, 0.29) is 18.0 Å². The monoisotopic (exact) mass is 410 g/mol. The molecule has 0 amide bonds. The molecular formula is C22H26N2O2SSi. The lowest BCUT2D eigenvalue weighted by Crippen LogP contribution is -2.32. The van der Waals surface area contributed by atoms with Gasteiger partial charge in [-0.25, -0.2) is 8.42 Å². The Bertz CT molecular complexity index is 1050. The van der Waals surface area contributed by atoms with E-state index in [0.29, 0.717) is 11.3 Å². The van der Waals surface area contributed by atoms with Gasteiger partial charge in [-0.1, -0.05) is 67.2 Å². The van der Waals surface area contributed by atoms with Gasteiger partial charge in [-0.05, 0) is 31.2 Å². The van der Waals surface area contributed by atoms with E-state index in [1.54, 1.807) is 30.3 Å². The zero-order valence-corrected chi connectivity index (χ0v) is 18.6. The topological polar surface area (TPSA) is 63.4 Å². The molecule has 28 heavy (non-hydrogen) atoms. The van der Waals surface area contributed by atoms with E-state index in [0.717, 1.165) is 5.56 Å². The molecule has 2 aromatic rings. The number of sulfonamides is 1. The van der Waals surface area contributed by atoms with Crippen LogP contribution < -0.4 is 5.73 Å². The Labute approximate surface area is 169 Å². The van der Waals surface area contributed by atoms with Crippen LogP contribution in [0.5, 0.6) is 0 Å². The molecule has 0 aliphatic heterocycles. The first kappa shape index (κ1) is 21.8. The molecule has 0 aromatic heterocycles. The summed E-state index contributed by atoms with van der Waals surface area (Å²) < 4.78 is 27.5. The minimum absolute atomic E-state index is 0.0466. The van der Waals surface area contributed by atoms with Gasteiger partial charge in [0.15, 0.2) is 0 Å². The van der Waals surface area contributed by atoms with Crippen molar-refractivity contribution >= 4 is 23.8 Å². The third kappa shape index (κ3) is 6.28. The molecule has 0 saturated heterocycles. The molecule has 146 valence electrons. The van der Waals surface area contributed by atoms with Gasteiger partial charge in [-0.15, -0.1) is 5.54 Å². The van der Waals surface area contributed by atoms with Crippen molar-refractivity contribution in [1.29, 1.82) is 0 Å². The van der Waals surface area contributed by atoms with Crippen LogP contribution in [-0.4, -0.2) is 33.9 Å². The maximum absolute atomic E-state index is 13.1. The number of nitrogens with two attached hydrogens (primary N) is 1. The molecule has 6 heteroatoms. The van der Waals surface area contributed by atoms with Gasteiger partial charge in [-0.3, -0.25) is 0 Å². The van der Waals surface area contributed by atoms with Crippen LogP contribution in [0.2, 0.25) is 19.6 Å². The van der Waals surface area contributed by atoms with E-state index < -0.39 is 18.1 Å². The minimum Gasteiger partial charge on any atom is -0.398 e. The van der Waals surface area contributed by atoms with Crippen LogP contribution in [-0.2, 0) is 10.0 Å². The van der Waals surface area contributed by atoms with E-state index in [9.17, 15) is 8.42 Å². The molecule has 0 saturated carbocycles. The van der Waals surface area contributed by atoms with Crippen molar-refractivity contribution in [3.8, 4) is 23.3 Å². The molecule has 0 atom stereocenters. The Morgan fingerprint density at radius 3 is 2.18 bits per heavy atom. The lowest BCUT2D eigenvalue weighted by Gasteiger charge is -2.18. The van der Waals surface area contributed by atoms with Gasteiger partial charge >= 0.3 is 0 Å². The summed E-state index contributed by atoms with van der Waals surface area (Å²) >= 11 is 0. The molecule has 0 heterocycles. The summed E-state index contributed by atoms with van der Waals surface area (Å²) in [5.41, 5.74) is 11.4. The van der Waals surface area contributed by atoms with E-state index in [1.807, 2.05) is 25.1 Å². The molecule has 0 aliphatic rings. The largest absolute Gasteiger partial charge is 0.398 e. The van der Waals surface area contributed by atoms with Crippen LogP contribution in [0.25, 0.3) is 0 Å². The van der Waals surface area contributed by atoms with Crippen molar-refractivity contribution in [1.82, 2.24) is 4.31 Å². The van der Waals surface area contributed by atoms with Crippen molar-refractivity contribution in [2.75, 3.05) is 18.8 Å². The molecule has 2 aromatic carbocycles. The number of para-hydroxylation sites is 1. The van der Waals surface area contributed by atoms with Crippen molar-refractivity contribution < 1.29 is 8.42 Å². The van der Waals surface area contributed by atoms with Gasteiger partial charge in [-0.2, -0.15) is 4.31 Å². The Kier molecular flexibility index (Phi) is 7.09. The van der Waals surface area contributed by atoms with Crippen LogP contribution in [0.1, 0.15) is 11.1 Å². The lowest BCUT2D eigenvalue weighted by molar-refractivity contribution is 0.482. The molecule has 0 aliphatic carbocycles. The predicted molar refractivity (Wildman–Crippen MR) is 119 cm³/mol. The third-order valence-corrected chi connectivity index (χ3v) is 6.55. The van der Waals surface area contributed by atoms with Crippen molar-refractivity contribution in [3.05, 3.63) is 59.7 Å². The number of hydrogen-bond donors (Lipinski definition) is 1. The number of nitrogen functional groups attached to an aromatic ring is 1. The molecule has 0 spiro atoms. The fraction of sp³-hybridized carbons (Fsp3) is 0.273. The van der Waals surface area contributed by atoms with Crippen LogP contribution >= 0.6 is 0 Å². The summed E-state index contributed by atoms with van der Waals surface area (Å²) in [7, 11) is -5.28. The molecule has 2 rings (SSSR count). The van der Waals surface area contributed by atoms with Crippen molar-refractivity contribution in [2.45, 2.75) is 31.5 Å². The summed E-state index contributed by atoms with van der Waals surface area (Å²) in [4.78, 5) is 0.244. The van der Waals surface area contributed by atoms with Crippen LogP contribution in [0.4, 0.5) is 5.69 Å². The van der Waals surface area contributed by atoms with Crippen LogP contribution in [0, 0.1) is 30.2 Å². The first-order valence-corrected chi connectivity index (χ1v) is 13.9. The quantitative estimate of drug-likeness (QED) is 0.477. The van der Waals surface area contributed by atoms with E-state index in [4.69, 9.17) is 5.73 Å². The maximum Gasteiger partial charge on any atom is 0.244 e. The molecule has 0 unspecified atom stereocenters. The highest BCUT2D eigenvalue weighted by Gasteiger charge is 2.23. The third-order valence-electron chi connectivity index (χ3n) is 3.82. The number of aryl methyl sites for hydroxylation is 1. The standard InChI is InChI=1S/C22H26N2O2SSi/c1-19-12-14-21(15-13-19)27(25,26)24(17-8-18-28(2,3)4)16-7-10-20-9-5-6-11-22(20)23/h5-6,9,11-15H,16-17,23H2,1-4H3. The number of benzene rings is 2. The highest BCUT2D eigenvalue weighted by Crippen LogP contribution is 2.16. The summed E-state index contributed by atoms with van der Waals surface area (Å²) in [5, 5.41) is 0. The fourth-order valence-electron chi connectivity index (χ4n) is 2.31. The average molecular weight is 411 g/mol. The smallest absolute Gasteiger partial charge is 0.244 e. The molecule has 4 nitrogen and oxygen atoms in total.